The number of hydrogen-bond acceptors (Lipinski definition) is 1. The fraction of sp³-hybridized carbons (Fsp3) is 0.571. The van der Waals surface area contributed by atoms with Gasteiger partial charge in [-0.1, -0.05) is 37.3 Å². The number of benzene rings is 1. The van der Waals surface area contributed by atoms with Crippen LogP contribution >= 0.6 is 0 Å². The van der Waals surface area contributed by atoms with Gasteiger partial charge >= 0.3 is 0 Å². The number of likely N-dealkylation sites (tertiary alicyclic amines) is 1. The molecule has 2 rings (SSSR count). The third-order valence-electron chi connectivity index (χ3n) is 3.81. The molecule has 4 atom stereocenters. The van der Waals surface area contributed by atoms with Gasteiger partial charge in [0.2, 0.25) is 0 Å². The fourth-order valence-electron chi connectivity index (χ4n) is 2.62. The van der Waals surface area contributed by atoms with Crippen LogP contribution in [0.15, 0.2) is 30.3 Å². The van der Waals surface area contributed by atoms with Gasteiger partial charge in [0.15, 0.2) is 0 Å². The molecule has 0 amide bonds. The molecule has 1 aromatic rings. The maximum Gasteiger partial charge on any atom is 0.103 e. The van der Waals surface area contributed by atoms with Crippen LogP contribution in [0.1, 0.15) is 25.8 Å². The van der Waals surface area contributed by atoms with Crippen LogP contribution in [0.3, 0.4) is 0 Å². The van der Waals surface area contributed by atoms with Crippen molar-refractivity contribution in [3.63, 3.8) is 0 Å². The molecule has 0 radical (unpaired) electrons. The van der Waals surface area contributed by atoms with Gasteiger partial charge in [0, 0.05) is 17.9 Å². The Hall–Kier alpha value is -0.860. The lowest BCUT2D eigenvalue weighted by Crippen LogP contribution is -3.16. The Morgan fingerprint density at radius 3 is 2.62 bits per heavy atom. The summed E-state index contributed by atoms with van der Waals surface area (Å²) in [7, 11) is 0. The van der Waals surface area contributed by atoms with E-state index in [2.05, 4.69) is 44.2 Å². The van der Waals surface area contributed by atoms with Crippen molar-refractivity contribution in [2.24, 2.45) is 5.92 Å². The smallest absolute Gasteiger partial charge is 0.103 e. The molecule has 0 saturated carbocycles. The number of nitrogens with one attached hydrogen (secondary N) is 1. The summed E-state index contributed by atoms with van der Waals surface area (Å²) in [4.78, 5) is 1.60. The normalized spacial score (nSPS) is 34.9. The summed E-state index contributed by atoms with van der Waals surface area (Å²) in [6.45, 7) is 6.56. The third-order valence-corrected chi connectivity index (χ3v) is 3.81. The molecule has 0 bridgehead atoms. The first-order valence-corrected chi connectivity index (χ1v) is 6.23. The van der Waals surface area contributed by atoms with Crippen LogP contribution in [0, 0.1) is 5.92 Å². The second-order valence-electron chi connectivity index (χ2n) is 5.21. The number of aliphatic hydroxyl groups excluding tert-OH is 1. The zero-order chi connectivity index (χ0) is 11.5. The summed E-state index contributed by atoms with van der Waals surface area (Å²) in [5.41, 5.74) is 1.40. The Labute approximate surface area is 97.9 Å². The van der Waals surface area contributed by atoms with Crippen molar-refractivity contribution in [3.05, 3.63) is 35.9 Å². The van der Waals surface area contributed by atoms with Crippen LogP contribution in [-0.2, 0) is 6.54 Å². The van der Waals surface area contributed by atoms with Crippen molar-refractivity contribution in [1.82, 2.24) is 0 Å². The highest BCUT2D eigenvalue weighted by atomic mass is 16.3. The fourth-order valence-corrected chi connectivity index (χ4v) is 2.62. The van der Waals surface area contributed by atoms with Crippen LogP contribution in [0.4, 0.5) is 0 Å². The molecule has 1 aliphatic rings. The standard InChI is InChI=1S/C14H21NO/c1-11-9-15(12(2)8-14(11)16)10-13-6-4-3-5-7-13/h3-7,11-12,14,16H,8-10H2,1-2H3/p+1/t11-,12+,14+/m1/s1. The van der Waals surface area contributed by atoms with Crippen LogP contribution in [-0.4, -0.2) is 23.8 Å². The highest BCUT2D eigenvalue weighted by molar-refractivity contribution is 5.13. The van der Waals surface area contributed by atoms with E-state index in [4.69, 9.17) is 0 Å². The van der Waals surface area contributed by atoms with E-state index in [1.54, 1.807) is 4.90 Å². The molecule has 1 heterocycles. The average Bonchev–Trinajstić information content (AvgIpc) is 2.27. The van der Waals surface area contributed by atoms with Gasteiger partial charge in [-0.25, -0.2) is 0 Å². The summed E-state index contributed by atoms with van der Waals surface area (Å²) < 4.78 is 0. The van der Waals surface area contributed by atoms with E-state index in [0.29, 0.717) is 12.0 Å². The Kier molecular flexibility index (Phi) is 3.62. The summed E-state index contributed by atoms with van der Waals surface area (Å²) in [6.07, 6.45) is 0.832. The number of aliphatic hydroxyl groups is 1. The van der Waals surface area contributed by atoms with Gasteiger partial charge in [-0.05, 0) is 6.92 Å². The van der Waals surface area contributed by atoms with Crippen molar-refractivity contribution in [1.29, 1.82) is 0 Å². The third kappa shape index (κ3) is 2.63. The first-order valence-electron chi connectivity index (χ1n) is 6.23. The van der Waals surface area contributed by atoms with Crippen molar-refractivity contribution < 1.29 is 10.0 Å². The molecule has 1 aliphatic heterocycles. The van der Waals surface area contributed by atoms with Gasteiger partial charge in [0.25, 0.3) is 0 Å². The second kappa shape index (κ2) is 4.98. The maximum atomic E-state index is 9.82. The van der Waals surface area contributed by atoms with E-state index in [1.807, 2.05) is 0 Å². The second-order valence-corrected chi connectivity index (χ2v) is 5.21. The Morgan fingerprint density at radius 1 is 1.25 bits per heavy atom. The Balaban J connectivity index is 2.00. The van der Waals surface area contributed by atoms with Crippen molar-refractivity contribution >= 4 is 0 Å². The molecule has 0 aromatic heterocycles. The monoisotopic (exact) mass is 220 g/mol. The summed E-state index contributed by atoms with van der Waals surface area (Å²) >= 11 is 0. The van der Waals surface area contributed by atoms with Crippen LogP contribution < -0.4 is 4.90 Å². The summed E-state index contributed by atoms with van der Waals surface area (Å²) in [5.74, 6) is 0.426. The van der Waals surface area contributed by atoms with Gasteiger partial charge in [0.05, 0.1) is 18.7 Å². The first kappa shape index (κ1) is 11.6. The van der Waals surface area contributed by atoms with E-state index in [0.717, 1.165) is 19.5 Å². The zero-order valence-electron chi connectivity index (χ0n) is 10.2. The van der Waals surface area contributed by atoms with Crippen LogP contribution in [0.25, 0.3) is 0 Å². The maximum absolute atomic E-state index is 9.82. The minimum Gasteiger partial charge on any atom is -0.392 e. The largest absolute Gasteiger partial charge is 0.392 e. The van der Waals surface area contributed by atoms with E-state index in [-0.39, 0.29) is 6.10 Å². The van der Waals surface area contributed by atoms with Gasteiger partial charge in [-0.2, -0.15) is 0 Å². The topological polar surface area (TPSA) is 24.7 Å². The Morgan fingerprint density at radius 2 is 1.94 bits per heavy atom. The molecule has 88 valence electrons. The number of rotatable bonds is 2. The molecule has 2 N–H and O–H groups in total. The molecular formula is C14H22NO+. The molecule has 1 saturated heterocycles. The lowest BCUT2D eigenvalue weighted by molar-refractivity contribution is -0.946. The van der Waals surface area contributed by atoms with E-state index < -0.39 is 0 Å². The quantitative estimate of drug-likeness (QED) is 0.759. The van der Waals surface area contributed by atoms with Crippen molar-refractivity contribution in [2.45, 2.75) is 39.0 Å². The molecule has 0 aliphatic carbocycles. The van der Waals surface area contributed by atoms with Crippen molar-refractivity contribution in [2.75, 3.05) is 6.54 Å². The van der Waals surface area contributed by atoms with E-state index >= 15 is 0 Å². The molecule has 1 unspecified atom stereocenters. The highest BCUT2D eigenvalue weighted by Crippen LogP contribution is 2.11. The molecule has 0 spiro atoms. The van der Waals surface area contributed by atoms with E-state index in [9.17, 15) is 5.11 Å². The predicted octanol–water partition coefficient (Wildman–Crippen LogP) is 0.861. The lowest BCUT2D eigenvalue weighted by Gasteiger charge is -2.36. The summed E-state index contributed by atoms with van der Waals surface area (Å²) in [5, 5.41) is 9.82. The predicted molar refractivity (Wildman–Crippen MR) is 65.2 cm³/mol. The van der Waals surface area contributed by atoms with Crippen molar-refractivity contribution in [3.8, 4) is 0 Å². The minimum absolute atomic E-state index is 0.102. The number of hydrogen-bond donors (Lipinski definition) is 2. The van der Waals surface area contributed by atoms with Gasteiger partial charge < -0.3 is 10.0 Å². The molecule has 1 aromatic carbocycles. The number of quaternary nitrogens is 1. The molecule has 16 heavy (non-hydrogen) atoms. The first-order chi connectivity index (χ1) is 7.66. The van der Waals surface area contributed by atoms with Gasteiger partial charge in [-0.15, -0.1) is 0 Å². The average molecular weight is 220 g/mol. The SMILES string of the molecule is C[C@@H]1C[NH+](Cc2ccccc2)[C@@H](C)C[C@@H]1O. The van der Waals surface area contributed by atoms with Crippen LogP contribution in [0.5, 0.6) is 0 Å². The zero-order valence-corrected chi connectivity index (χ0v) is 10.2. The summed E-state index contributed by atoms with van der Waals surface area (Å²) in [6, 6.07) is 11.2. The van der Waals surface area contributed by atoms with Gasteiger partial charge in [-0.3, -0.25) is 0 Å². The van der Waals surface area contributed by atoms with Crippen LogP contribution in [0.2, 0.25) is 0 Å². The number of piperidine rings is 1. The molecular weight excluding hydrogens is 198 g/mol. The molecule has 2 heteroatoms. The van der Waals surface area contributed by atoms with E-state index in [1.165, 1.54) is 5.56 Å². The lowest BCUT2D eigenvalue weighted by atomic mass is 9.91. The van der Waals surface area contributed by atoms with Gasteiger partial charge in [0.1, 0.15) is 6.54 Å². The highest BCUT2D eigenvalue weighted by Gasteiger charge is 2.32. The molecule has 2 nitrogen and oxygen atoms in total. The Bertz CT molecular complexity index is 325. The minimum atomic E-state index is -0.102. The molecule has 1 fully saturated rings.